The molecular formula is C32H31ClN8O. The highest BCUT2D eigenvalue weighted by atomic mass is 35.5. The second-order valence-electron chi connectivity index (χ2n) is 12.9. The molecule has 3 heterocycles. The molecule has 3 aliphatic carbocycles. The molecular weight excluding hydrogens is 548 g/mol. The molecule has 0 aliphatic heterocycles. The van der Waals surface area contributed by atoms with Crippen LogP contribution >= 0.6 is 11.6 Å². The number of hydrogen-bond acceptors (Lipinski definition) is 7. The highest BCUT2D eigenvalue weighted by Gasteiger charge is 2.58. The number of pyridine rings is 2. The summed E-state index contributed by atoms with van der Waals surface area (Å²) in [6.45, 7) is 7.06. The number of nitrogens with one attached hydrogen (secondary N) is 3. The number of halogens is 1. The largest absolute Gasteiger partial charge is 0.383 e. The van der Waals surface area contributed by atoms with E-state index >= 15 is 0 Å². The highest BCUT2D eigenvalue weighted by Crippen LogP contribution is 2.62. The Kier molecular flexibility index (Phi) is 6.03. The van der Waals surface area contributed by atoms with Gasteiger partial charge in [-0.1, -0.05) is 49.7 Å². The van der Waals surface area contributed by atoms with Gasteiger partial charge in [0.1, 0.15) is 11.8 Å². The molecule has 0 spiro atoms. The molecule has 3 fully saturated rings. The lowest BCUT2D eigenvalue weighted by Crippen LogP contribution is -2.59. The number of aromatic amines is 1. The number of fused-ring (bicyclic) bond motifs is 2. The lowest BCUT2D eigenvalue weighted by atomic mass is 9.50. The Hall–Kier alpha value is -4.42. The number of H-pyrrole nitrogens is 1. The molecule has 0 saturated heterocycles. The molecule has 8 rings (SSSR count). The maximum absolute atomic E-state index is 12.7. The molecule has 1 atom stereocenters. The topological polar surface area (TPSA) is 124 Å². The van der Waals surface area contributed by atoms with Crippen LogP contribution < -0.4 is 16.2 Å². The van der Waals surface area contributed by atoms with Gasteiger partial charge in [-0.3, -0.25) is 9.78 Å². The van der Waals surface area contributed by atoms with E-state index in [-0.39, 0.29) is 16.5 Å². The molecule has 3 aromatic heterocycles. The van der Waals surface area contributed by atoms with Gasteiger partial charge in [0.2, 0.25) is 0 Å². The van der Waals surface area contributed by atoms with Crippen LogP contribution in [0.5, 0.6) is 0 Å². The van der Waals surface area contributed by atoms with Crippen molar-refractivity contribution in [1.29, 1.82) is 5.26 Å². The molecule has 212 valence electrons. The van der Waals surface area contributed by atoms with Crippen molar-refractivity contribution >= 4 is 44.7 Å². The summed E-state index contributed by atoms with van der Waals surface area (Å²) >= 11 is 6.82. The molecule has 5 aromatic rings. The first-order valence-corrected chi connectivity index (χ1v) is 14.6. The molecule has 0 unspecified atom stereocenters. The van der Waals surface area contributed by atoms with Gasteiger partial charge in [-0.15, -0.1) is 5.10 Å². The van der Waals surface area contributed by atoms with Crippen molar-refractivity contribution in [2.45, 2.75) is 51.6 Å². The molecule has 3 aliphatic rings. The molecule has 42 heavy (non-hydrogen) atoms. The van der Waals surface area contributed by atoms with Gasteiger partial charge in [0.15, 0.2) is 0 Å². The van der Waals surface area contributed by atoms with Crippen LogP contribution in [-0.2, 0) is 5.54 Å². The van der Waals surface area contributed by atoms with E-state index in [1.165, 1.54) is 0 Å². The Labute approximate surface area is 247 Å². The first kappa shape index (κ1) is 26.5. The van der Waals surface area contributed by atoms with Crippen molar-refractivity contribution in [1.82, 2.24) is 25.0 Å². The second kappa shape index (κ2) is 9.57. The minimum atomic E-state index is -0.428. The fraction of sp³-hybridized carbons (Fsp3) is 0.344. The monoisotopic (exact) mass is 578 g/mol. The van der Waals surface area contributed by atoms with E-state index in [1.54, 1.807) is 12.4 Å². The van der Waals surface area contributed by atoms with Gasteiger partial charge in [-0.2, -0.15) is 5.26 Å². The quantitative estimate of drug-likeness (QED) is 0.205. The third-order valence-corrected chi connectivity index (χ3v) is 8.90. The zero-order valence-electron chi connectivity index (χ0n) is 23.7. The van der Waals surface area contributed by atoms with Gasteiger partial charge in [0.25, 0.3) is 5.56 Å². The predicted octanol–water partition coefficient (Wildman–Crippen LogP) is 6.36. The van der Waals surface area contributed by atoms with E-state index in [4.69, 9.17) is 11.6 Å². The Morgan fingerprint density at radius 3 is 2.71 bits per heavy atom. The van der Waals surface area contributed by atoms with Crippen LogP contribution in [0.1, 0.15) is 62.9 Å². The van der Waals surface area contributed by atoms with Gasteiger partial charge >= 0.3 is 0 Å². The number of rotatable bonds is 7. The maximum atomic E-state index is 12.7. The van der Waals surface area contributed by atoms with Crippen LogP contribution in [0.25, 0.3) is 21.7 Å². The summed E-state index contributed by atoms with van der Waals surface area (Å²) < 4.78 is 2.03. The van der Waals surface area contributed by atoms with Crippen LogP contribution in [0.3, 0.4) is 0 Å². The number of benzene rings is 2. The van der Waals surface area contributed by atoms with Gasteiger partial charge in [0.05, 0.1) is 39.6 Å². The number of hydrogen-bond donors (Lipinski definition) is 3. The van der Waals surface area contributed by atoms with E-state index in [1.807, 2.05) is 47.3 Å². The van der Waals surface area contributed by atoms with E-state index in [9.17, 15) is 10.1 Å². The highest BCUT2D eigenvalue weighted by molar-refractivity contribution is 6.35. The summed E-state index contributed by atoms with van der Waals surface area (Å²) in [4.78, 5) is 20.0. The Bertz CT molecular complexity index is 1950. The fourth-order valence-electron chi connectivity index (χ4n) is 6.30. The molecule has 2 aromatic carbocycles. The molecule has 10 heteroatoms. The van der Waals surface area contributed by atoms with Crippen molar-refractivity contribution in [2.24, 2.45) is 11.3 Å². The summed E-state index contributed by atoms with van der Waals surface area (Å²) in [5.74, 6) is 0.809. The zero-order chi connectivity index (χ0) is 29.2. The van der Waals surface area contributed by atoms with Crippen LogP contribution in [-0.4, -0.2) is 31.5 Å². The minimum Gasteiger partial charge on any atom is -0.383 e. The molecule has 2 bridgehead atoms. The van der Waals surface area contributed by atoms with E-state index in [0.717, 1.165) is 52.9 Å². The number of nitrogens with zero attached hydrogens (tertiary/aromatic N) is 5. The molecule has 0 radical (unpaired) electrons. The Balaban J connectivity index is 1.36. The smallest absolute Gasteiger partial charge is 0.255 e. The van der Waals surface area contributed by atoms with Gasteiger partial charge in [-0.25, -0.2) is 4.68 Å². The first-order valence-electron chi connectivity index (χ1n) is 14.2. The van der Waals surface area contributed by atoms with E-state index in [2.05, 4.69) is 57.8 Å². The molecule has 9 nitrogen and oxygen atoms in total. The first-order chi connectivity index (χ1) is 20.1. The fourth-order valence-corrected chi connectivity index (χ4v) is 6.57. The normalized spacial score (nSPS) is 20.0. The van der Waals surface area contributed by atoms with Crippen LogP contribution in [0, 0.1) is 22.7 Å². The Morgan fingerprint density at radius 1 is 1.19 bits per heavy atom. The number of aromatic nitrogens is 5. The minimum absolute atomic E-state index is 0.00843. The van der Waals surface area contributed by atoms with Crippen molar-refractivity contribution in [3.05, 3.63) is 87.2 Å². The number of nitriles is 1. The lowest BCUT2D eigenvalue weighted by molar-refractivity contribution is -0.0989. The average Bonchev–Trinajstić information content (AvgIpc) is 3.37. The maximum Gasteiger partial charge on any atom is 0.255 e. The van der Waals surface area contributed by atoms with Crippen LogP contribution in [0.4, 0.5) is 11.4 Å². The number of anilines is 2. The van der Waals surface area contributed by atoms with Crippen LogP contribution in [0.2, 0.25) is 5.02 Å². The van der Waals surface area contributed by atoms with Crippen molar-refractivity contribution in [3.63, 3.8) is 0 Å². The Morgan fingerprint density at radius 2 is 2.00 bits per heavy atom. The van der Waals surface area contributed by atoms with Crippen molar-refractivity contribution < 1.29 is 0 Å². The van der Waals surface area contributed by atoms with E-state index < -0.39 is 6.04 Å². The van der Waals surface area contributed by atoms with Gasteiger partial charge in [0, 0.05) is 35.4 Å². The van der Waals surface area contributed by atoms with Gasteiger partial charge in [-0.05, 0) is 65.8 Å². The standard InChI is InChI=1S/C32H31ClN8O/c1-31(2,3)17-37-27-19(14-34)15-36-28-24(27)9-20(10-25(28)33)38-29(22-5-4-6-23-21(22)7-8-35-30(23)42)26-16-41(40-39-26)32-11-18(12-32)13-32/h4-10,15-16,18,29,38H,11-13,17H2,1-3H3,(H,35,42)(H,36,37)/t18?,29-,32?/m0/s1. The average molecular weight is 579 g/mol. The molecule has 3 N–H and O–H groups in total. The summed E-state index contributed by atoms with van der Waals surface area (Å²) in [6, 6.07) is 13.3. The summed E-state index contributed by atoms with van der Waals surface area (Å²) in [7, 11) is 0. The summed E-state index contributed by atoms with van der Waals surface area (Å²) in [6.07, 6.45) is 8.71. The van der Waals surface area contributed by atoms with Crippen molar-refractivity contribution in [2.75, 3.05) is 17.2 Å². The zero-order valence-corrected chi connectivity index (χ0v) is 24.5. The van der Waals surface area contributed by atoms with E-state index in [0.29, 0.717) is 33.7 Å². The summed E-state index contributed by atoms with van der Waals surface area (Å²) in [5, 5.41) is 28.9. The van der Waals surface area contributed by atoms with Gasteiger partial charge < -0.3 is 15.6 Å². The SMILES string of the molecule is CC(C)(C)CNc1c(C#N)cnc2c(Cl)cc(N[C@H](c3cn(C45CC(C4)C5)nn3)c3cccc4c(=O)[nH]ccc34)cc12. The van der Waals surface area contributed by atoms with Crippen LogP contribution in [0.15, 0.2) is 59.8 Å². The van der Waals surface area contributed by atoms with Crippen molar-refractivity contribution in [3.8, 4) is 6.07 Å². The predicted molar refractivity (Wildman–Crippen MR) is 165 cm³/mol. The summed E-state index contributed by atoms with van der Waals surface area (Å²) in [5.41, 5.74) is 4.08. The molecule has 0 amide bonds. The molecule has 3 saturated carbocycles. The third-order valence-electron chi connectivity index (χ3n) is 8.61. The third kappa shape index (κ3) is 4.38. The lowest BCUT2D eigenvalue weighted by Gasteiger charge is -2.61. The second-order valence-corrected chi connectivity index (χ2v) is 13.3.